The van der Waals surface area contributed by atoms with Crippen LogP contribution in [0, 0.1) is 0 Å². The lowest BCUT2D eigenvalue weighted by molar-refractivity contribution is -0.123. The number of amides is 2. The van der Waals surface area contributed by atoms with Crippen molar-refractivity contribution in [3.05, 3.63) is 59.7 Å². The molecule has 0 fully saturated rings. The summed E-state index contributed by atoms with van der Waals surface area (Å²) in [5.41, 5.74) is 6.39. The van der Waals surface area contributed by atoms with Gasteiger partial charge in [0.05, 0.1) is 6.61 Å². The van der Waals surface area contributed by atoms with Crippen molar-refractivity contribution in [1.82, 2.24) is 10.9 Å². The maximum atomic E-state index is 12.1. The van der Waals surface area contributed by atoms with Gasteiger partial charge in [0.2, 0.25) is 0 Å². The van der Waals surface area contributed by atoms with Crippen LogP contribution in [-0.4, -0.2) is 25.0 Å². The van der Waals surface area contributed by atoms with Gasteiger partial charge in [-0.05, 0) is 60.7 Å². The maximum Gasteiger partial charge on any atom is 0.276 e. The molecule has 1 atom stereocenters. The molecule has 0 aliphatic heterocycles. The minimum Gasteiger partial charge on any atom is -0.494 e. The highest BCUT2D eigenvalue weighted by Crippen LogP contribution is 2.21. The fourth-order valence-corrected chi connectivity index (χ4v) is 2.55. The molecule has 2 rings (SSSR count). The van der Waals surface area contributed by atoms with Crippen LogP contribution in [0.5, 0.6) is 11.5 Å². The molecule has 0 heterocycles. The van der Waals surface area contributed by atoms with Gasteiger partial charge in [0, 0.05) is 5.56 Å². The first-order valence-electron chi connectivity index (χ1n) is 10.1. The Morgan fingerprint density at radius 1 is 0.897 bits per heavy atom. The molecule has 0 aromatic heterocycles. The first-order valence-corrected chi connectivity index (χ1v) is 10.1. The van der Waals surface area contributed by atoms with Gasteiger partial charge in [-0.3, -0.25) is 20.4 Å². The smallest absolute Gasteiger partial charge is 0.276 e. The van der Waals surface area contributed by atoms with Gasteiger partial charge in [-0.1, -0.05) is 39.3 Å². The zero-order chi connectivity index (χ0) is 21.1. The van der Waals surface area contributed by atoms with Gasteiger partial charge in [-0.25, -0.2) is 0 Å². The molecule has 156 valence electrons. The highest BCUT2D eigenvalue weighted by atomic mass is 16.5. The lowest BCUT2D eigenvalue weighted by Gasteiger charge is -2.11. The standard InChI is InChI=1S/C23H30N2O4/c1-4-6-15-28-20-13-9-19(10-14-20)23(27)25-24-22(26)16-29-21-11-7-18(8-12-21)17(3)5-2/h7-14,17H,4-6,15-16H2,1-3H3,(H,24,26)(H,25,27)/t17-/m1/s1. The zero-order valence-electron chi connectivity index (χ0n) is 17.4. The van der Waals surface area contributed by atoms with E-state index in [1.54, 1.807) is 24.3 Å². The summed E-state index contributed by atoms with van der Waals surface area (Å²) in [5, 5.41) is 0. The van der Waals surface area contributed by atoms with Crippen LogP contribution in [-0.2, 0) is 4.79 Å². The second-order valence-corrected chi connectivity index (χ2v) is 6.90. The molecule has 0 saturated heterocycles. The molecular formula is C23H30N2O4. The molecule has 0 bridgehead atoms. The average Bonchev–Trinajstić information content (AvgIpc) is 2.76. The number of carbonyl (C=O) groups is 2. The fourth-order valence-electron chi connectivity index (χ4n) is 2.55. The van der Waals surface area contributed by atoms with Gasteiger partial charge >= 0.3 is 0 Å². The van der Waals surface area contributed by atoms with Crippen molar-refractivity contribution in [2.45, 2.75) is 46.0 Å². The predicted octanol–water partition coefficient (Wildman–Crippen LogP) is 4.22. The number of hydrogen-bond donors (Lipinski definition) is 2. The van der Waals surface area contributed by atoms with Crippen LogP contribution in [0.1, 0.15) is 61.9 Å². The molecule has 2 N–H and O–H groups in total. The van der Waals surface area contributed by atoms with Crippen LogP contribution in [0.15, 0.2) is 48.5 Å². The van der Waals surface area contributed by atoms with Crippen LogP contribution in [0.4, 0.5) is 0 Å². The summed E-state index contributed by atoms with van der Waals surface area (Å²) >= 11 is 0. The van der Waals surface area contributed by atoms with Crippen LogP contribution >= 0.6 is 0 Å². The third kappa shape index (κ3) is 7.49. The molecule has 6 nitrogen and oxygen atoms in total. The molecule has 0 spiro atoms. The Balaban J connectivity index is 1.73. The third-order valence-electron chi connectivity index (χ3n) is 4.63. The number of rotatable bonds is 10. The van der Waals surface area contributed by atoms with Gasteiger partial charge in [0.25, 0.3) is 11.8 Å². The van der Waals surface area contributed by atoms with Crippen LogP contribution in [0.25, 0.3) is 0 Å². The van der Waals surface area contributed by atoms with Gasteiger partial charge in [0.1, 0.15) is 11.5 Å². The minimum atomic E-state index is -0.441. The summed E-state index contributed by atoms with van der Waals surface area (Å²) in [7, 11) is 0. The zero-order valence-corrected chi connectivity index (χ0v) is 17.4. The molecular weight excluding hydrogens is 368 g/mol. The molecule has 6 heteroatoms. The van der Waals surface area contributed by atoms with Crippen molar-refractivity contribution in [3.63, 3.8) is 0 Å². The van der Waals surface area contributed by atoms with Gasteiger partial charge in [-0.2, -0.15) is 0 Å². The molecule has 2 aromatic carbocycles. The molecule has 0 aliphatic carbocycles. The normalized spacial score (nSPS) is 11.4. The van der Waals surface area contributed by atoms with E-state index in [2.05, 4.69) is 31.6 Å². The van der Waals surface area contributed by atoms with E-state index in [0.717, 1.165) is 19.3 Å². The number of benzene rings is 2. The van der Waals surface area contributed by atoms with Crippen molar-refractivity contribution < 1.29 is 19.1 Å². The van der Waals surface area contributed by atoms with E-state index in [0.29, 0.717) is 29.6 Å². The van der Waals surface area contributed by atoms with Crippen molar-refractivity contribution >= 4 is 11.8 Å². The number of ether oxygens (including phenoxy) is 2. The van der Waals surface area contributed by atoms with Crippen molar-refractivity contribution in [3.8, 4) is 11.5 Å². The summed E-state index contributed by atoms with van der Waals surface area (Å²) in [5.74, 6) is 0.962. The summed E-state index contributed by atoms with van der Waals surface area (Å²) in [6.45, 7) is 6.87. The number of hydrazine groups is 1. The van der Waals surface area contributed by atoms with Crippen molar-refractivity contribution in [2.24, 2.45) is 0 Å². The van der Waals surface area contributed by atoms with E-state index in [4.69, 9.17) is 9.47 Å². The summed E-state index contributed by atoms with van der Waals surface area (Å²) in [4.78, 5) is 24.0. The topological polar surface area (TPSA) is 76.7 Å². The lowest BCUT2D eigenvalue weighted by Crippen LogP contribution is -2.43. The van der Waals surface area contributed by atoms with Gasteiger partial charge in [-0.15, -0.1) is 0 Å². The second-order valence-electron chi connectivity index (χ2n) is 6.90. The first kappa shape index (κ1) is 22.3. The van der Waals surface area contributed by atoms with Crippen molar-refractivity contribution in [1.29, 1.82) is 0 Å². The number of carbonyl (C=O) groups excluding carboxylic acids is 2. The Hall–Kier alpha value is -3.02. The van der Waals surface area contributed by atoms with E-state index < -0.39 is 11.8 Å². The largest absolute Gasteiger partial charge is 0.494 e. The van der Waals surface area contributed by atoms with Gasteiger partial charge < -0.3 is 9.47 Å². The second kappa shape index (κ2) is 11.7. The van der Waals surface area contributed by atoms with E-state index in [9.17, 15) is 9.59 Å². The van der Waals surface area contributed by atoms with E-state index >= 15 is 0 Å². The number of hydrogen-bond acceptors (Lipinski definition) is 4. The lowest BCUT2D eigenvalue weighted by atomic mass is 9.99. The van der Waals surface area contributed by atoms with Gasteiger partial charge in [0.15, 0.2) is 6.61 Å². The first-order chi connectivity index (χ1) is 14.0. The fraction of sp³-hybridized carbons (Fsp3) is 0.391. The Morgan fingerprint density at radius 2 is 1.52 bits per heavy atom. The number of nitrogens with one attached hydrogen (secondary N) is 2. The molecule has 0 radical (unpaired) electrons. The molecule has 0 aliphatic rings. The molecule has 0 saturated carbocycles. The minimum absolute atomic E-state index is 0.187. The average molecular weight is 399 g/mol. The molecule has 2 amide bonds. The van der Waals surface area contributed by atoms with E-state index in [1.165, 1.54) is 5.56 Å². The maximum absolute atomic E-state index is 12.1. The molecule has 29 heavy (non-hydrogen) atoms. The molecule has 0 unspecified atom stereocenters. The Kier molecular flexibility index (Phi) is 9.02. The quantitative estimate of drug-likeness (QED) is 0.464. The number of unbranched alkanes of at least 4 members (excludes halogenated alkanes) is 1. The SMILES string of the molecule is CCCCOc1ccc(C(=O)NNC(=O)COc2ccc([C@H](C)CC)cc2)cc1. The van der Waals surface area contributed by atoms with Crippen LogP contribution < -0.4 is 20.3 Å². The third-order valence-corrected chi connectivity index (χ3v) is 4.63. The Bertz CT molecular complexity index is 772. The summed E-state index contributed by atoms with van der Waals surface area (Å²) in [6, 6.07) is 14.5. The monoisotopic (exact) mass is 398 g/mol. The van der Waals surface area contributed by atoms with Crippen LogP contribution in [0.3, 0.4) is 0 Å². The van der Waals surface area contributed by atoms with E-state index in [-0.39, 0.29) is 6.61 Å². The Morgan fingerprint density at radius 3 is 2.14 bits per heavy atom. The van der Waals surface area contributed by atoms with Crippen molar-refractivity contribution in [2.75, 3.05) is 13.2 Å². The highest BCUT2D eigenvalue weighted by Gasteiger charge is 2.09. The predicted molar refractivity (Wildman–Crippen MR) is 113 cm³/mol. The highest BCUT2D eigenvalue weighted by molar-refractivity contribution is 5.95. The van der Waals surface area contributed by atoms with Crippen LogP contribution in [0.2, 0.25) is 0 Å². The molecule has 2 aromatic rings. The van der Waals surface area contributed by atoms with E-state index in [1.807, 2.05) is 24.3 Å². The Labute approximate surface area is 172 Å². The summed E-state index contributed by atoms with van der Waals surface area (Å²) in [6.07, 6.45) is 3.11. The summed E-state index contributed by atoms with van der Waals surface area (Å²) < 4.78 is 11.0.